The molecule has 1 atom stereocenters. The molecule has 0 aliphatic heterocycles. The van der Waals surface area contributed by atoms with E-state index in [1.807, 2.05) is 0 Å². The molecule has 0 aliphatic carbocycles. The highest BCUT2D eigenvalue weighted by molar-refractivity contribution is 5.71. The van der Waals surface area contributed by atoms with Crippen molar-refractivity contribution in [3.63, 3.8) is 0 Å². The van der Waals surface area contributed by atoms with Crippen molar-refractivity contribution in [3.8, 4) is 0 Å². The molecule has 0 heterocycles. The number of rotatable bonds is 46. The number of unbranched alkanes of at least 4 members (excludes halogenated alkanes) is 29. The molecule has 0 saturated carbocycles. The van der Waals surface area contributed by atoms with Gasteiger partial charge in [-0.2, -0.15) is 0 Å². The average molecular weight is 835 g/mol. The highest BCUT2D eigenvalue weighted by Gasteiger charge is 2.19. The smallest absolute Gasteiger partial charge is 0.306 e. The topological polar surface area (TPSA) is 78.9 Å². The van der Waals surface area contributed by atoms with Crippen LogP contribution in [0.2, 0.25) is 0 Å². The predicted octanol–water partition coefficient (Wildman–Crippen LogP) is 16.8. The van der Waals surface area contributed by atoms with Crippen LogP contribution in [0.4, 0.5) is 0 Å². The fourth-order valence-electron chi connectivity index (χ4n) is 7.94. The van der Waals surface area contributed by atoms with Crippen molar-refractivity contribution in [3.05, 3.63) is 0 Å². The molecule has 0 aromatic carbocycles. The number of ether oxygens (including phenoxy) is 3. The first kappa shape index (κ1) is 57.4. The van der Waals surface area contributed by atoms with E-state index in [1.165, 1.54) is 167 Å². The third-order valence-corrected chi connectivity index (χ3v) is 11.9. The summed E-state index contributed by atoms with van der Waals surface area (Å²) in [6.45, 7) is 13.7. The van der Waals surface area contributed by atoms with Gasteiger partial charge in [0.25, 0.3) is 0 Å². The number of hydrogen-bond acceptors (Lipinski definition) is 6. The summed E-state index contributed by atoms with van der Waals surface area (Å²) in [5, 5.41) is 0. The Balaban J connectivity index is 4.29. The van der Waals surface area contributed by atoms with E-state index in [-0.39, 0.29) is 31.1 Å². The van der Waals surface area contributed by atoms with Gasteiger partial charge >= 0.3 is 17.9 Å². The van der Waals surface area contributed by atoms with Gasteiger partial charge in [0.15, 0.2) is 6.10 Å². The van der Waals surface area contributed by atoms with E-state index < -0.39 is 6.10 Å². The molecule has 59 heavy (non-hydrogen) atoms. The van der Waals surface area contributed by atoms with Crippen molar-refractivity contribution < 1.29 is 28.6 Å². The molecule has 0 radical (unpaired) electrons. The minimum Gasteiger partial charge on any atom is -0.462 e. The van der Waals surface area contributed by atoms with Crippen molar-refractivity contribution in [1.29, 1.82) is 0 Å². The van der Waals surface area contributed by atoms with Gasteiger partial charge in [-0.3, -0.25) is 14.4 Å². The number of esters is 3. The second-order valence-electron chi connectivity index (χ2n) is 19.6. The second-order valence-corrected chi connectivity index (χ2v) is 19.6. The molecular weight excluding hydrogens is 733 g/mol. The van der Waals surface area contributed by atoms with Crippen LogP contribution in [0.15, 0.2) is 0 Å². The Labute approximate surface area is 368 Å². The Bertz CT molecular complexity index is 914. The highest BCUT2D eigenvalue weighted by atomic mass is 16.6. The summed E-state index contributed by atoms with van der Waals surface area (Å²) in [6.07, 6.45) is 43.8. The lowest BCUT2D eigenvalue weighted by molar-refractivity contribution is -0.167. The first-order chi connectivity index (χ1) is 28.6. The molecule has 0 unspecified atom stereocenters. The summed E-state index contributed by atoms with van der Waals surface area (Å²) in [5.74, 6) is 1.60. The molecule has 0 saturated heterocycles. The van der Waals surface area contributed by atoms with Crippen LogP contribution in [-0.4, -0.2) is 37.2 Å². The van der Waals surface area contributed by atoms with Crippen molar-refractivity contribution in [1.82, 2.24) is 0 Å². The Hall–Kier alpha value is -1.59. The van der Waals surface area contributed by atoms with Gasteiger partial charge in [0.05, 0.1) is 0 Å². The summed E-state index contributed by atoms with van der Waals surface area (Å²) in [4.78, 5) is 37.9. The van der Waals surface area contributed by atoms with Gasteiger partial charge in [-0.05, 0) is 37.0 Å². The van der Waals surface area contributed by atoms with Crippen LogP contribution in [-0.2, 0) is 28.6 Å². The van der Waals surface area contributed by atoms with E-state index in [2.05, 4.69) is 41.5 Å². The number of carbonyl (C=O) groups excluding carboxylic acids is 3. The molecule has 0 N–H and O–H groups in total. The Morgan fingerprint density at radius 1 is 0.288 bits per heavy atom. The molecule has 0 fully saturated rings. The van der Waals surface area contributed by atoms with Crippen LogP contribution in [0.25, 0.3) is 0 Å². The van der Waals surface area contributed by atoms with Gasteiger partial charge in [0.2, 0.25) is 0 Å². The van der Waals surface area contributed by atoms with Crippen LogP contribution < -0.4 is 0 Å². The van der Waals surface area contributed by atoms with E-state index in [1.54, 1.807) is 0 Å². The zero-order valence-electron chi connectivity index (χ0n) is 40.5. The van der Waals surface area contributed by atoms with Gasteiger partial charge in [-0.15, -0.1) is 0 Å². The lowest BCUT2D eigenvalue weighted by Gasteiger charge is -2.18. The maximum absolute atomic E-state index is 12.8. The Morgan fingerprint density at radius 3 is 0.729 bits per heavy atom. The van der Waals surface area contributed by atoms with Gasteiger partial charge in [0.1, 0.15) is 13.2 Å². The summed E-state index contributed by atoms with van der Waals surface area (Å²) in [5.41, 5.74) is 0. The molecule has 0 aromatic heterocycles. The SMILES string of the molecule is CC(C)CCCCCCCCCCCCCCCCC(=O)O[C@@H](COC(=O)CCCCCCCCCCCCCC(C)C)COC(=O)CCCCCCCCCC(C)C. The van der Waals surface area contributed by atoms with Crippen LogP contribution in [0, 0.1) is 17.8 Å². The summed E-state index contributed by atoms with van der Waals surface area (Å²) >= 11 is 0. The monoisotopic (exact) mass is 835 g/mol. The van der Waals surface area contributed by atoms with Crippen LogP contribution in [0.3, 0.4) is 0 Å². The Morgan fingerprint density at radius 2 is 0.492 bits per heavy atom. The first-order valence-corrected chi connectivity index (χ1v) is 26.1. The molecule has 0 spiro atoms. The molecule has 350 valence electrons. The van der Waals surface area contributed by atoms with Gasteiger partial charge < -0.3 is 14.2 Å². The molecular formula is C53H102O6. The predicted molar refractivity (Wildman–Crippen MR) is 252 cm³/mol. The molecule has 6 heteroatoms. The lowest BCUT2D eigenvalue weighted by Crippen LogP contribution is -2.30. The van der Waals surface area contributed by atoms with E-state index in [0.717, 1.165) is 75.5 Å². The minimum absolute atomic E-state index is 0.0650. The maximum Gasteiger partial charge on any atom is 0.306 e. The molecule has 0 bridgehead atoms. The number of hydrogen-bond donors (Lipinski definition) is 0. The summed E-state index contributed by atoms with van der Waals surface area (Å²) < 4.78 is 16.8. The molecule has 0 rings (SSSR count). The fraction of sp³-hybridized carbons (Fsp3) is 0.943. The van der Waals surface area contributed by atoms with Crippen LogP contribution >= 0.6 is 0 Å². The third kappa shape index (κ3) is 47.3. The van der Waals surface area contributed by atoms with Gasteiger partial charge in [0, 0.05) is 19.3 Å². The highest BCUT2D eigenvalue weighted by Crippen LogP contribution is 2.18. The third-order valence-electron chi connectivity index (χ3n) is 11.9. The van der Waals surface area contributed by atoms with Crippen molar-refractivity contribution in [2.45, 2.75) is 292 Å². The molecule has 0 amide bonds. The zero-order chi connectivity index (χ0) is 43.4. The Kier molecular flexibility index (Phi) is 43.3. The molecule has 0 aliphatic rings. The standard InChI is InChI=1S/C53H102O6/c1-47(2)39-33-27-21-16-12-9-7-8-10-14-19-25-32-38-44-53(56)59-50(46-58-52(55)43-37-31-26-20-23-29-35-41-49(5)6)45-57-51(54)42-36-30-24-18-15-11-13-17-22-28-34-40-48(3)4/h47-50H,7-46H2,1-6H3/t50-/m0/s1. The molecule has 0 aromatic rings. The second kappa shape index (κ2) is 44.5. The van der Waals surface area contributed by atoms with E-state index in [4.69, 9.17) is 14.2 Å². The summed E-state index contributed by atoms with van der Waals surface area (Å²) in [7, 11) is 0. The maximum atomic E-state index is 12.8. The first-order valence-electron chi connectivity index (χ1n) is 26.1. The van der Waals surface area contributed by atoms with Gasteiger partial charge in [-0.1, -0.05) is 247 Å². The quantitative estimate of drug-likeness (QED) is 0.0345. The minimum atomic E-state index is -0.763. The van der Waals surface area contributed by atoms with Crippen molar-refractivity contribution in [2.24, 2.45) is 17.8 Å². The molecule has 6 nitrogen and oxygen atoms in total. The zero-order valence-corrected chi connectivity index (χ0v) is 40.5. The van der Waals surface area contributed by atoms with E-state index in [0.29, 0.717) is 19.3 Å². The number of carbonyl (C=O) groups is 3. The van der Waals surface area contributed by atoms with E-state index in [9.17, 15) is 14.4 Å². The van der Waals surface area contributed by atoms with Crippen molar-refractivity contribution >= 4 is 17.9 Å². The fourth-order valence-corrected chi connectivity index (χ4v) is 7.94. The van der Waals surface area contributed by atoms with Crippen LogP contribution in [0.1, 0.15) is 286 Å². The normalized spacial score (nSPS) is 12.2. The van der Waals surface area contributed by atoms with E-state index >= 15 is 0 Å². The summed E-state index contributed by atoms with van der Waals surface area (Å²) in [6, 6.07) is 0. The largest absolute Gasteiger partial charge is 0.462 e. The van der Waals surface area contributed by atoms with Gasteiger partial charge in [-0.25, -0.2) is 0 Å². The van der Waals surface area contributed by atoms with Crippen molar-refractivity contribution in [2.75, 3.05) is 13.2 Å². The lowest BCUT2D eigenvalue weighted by atomic mass is 10.0. The average Bonchev–Trinajstić information content (AvgIpc) is 3.19. The van der Waals surface area contributed by atoms with Crippen LogP contribution in [0.5, 0.6) is 0 Å².